The fraction of sp³-hybridized carbons (Fsp3) is 0.118. The molecule has 2 amide bonds. The highest BCUT2D eigenvalue weighted by atomic mass is 32.1. The third-order valence-electron chi connectivity index (χ3n) is 3.29. The van der Waals surface area contributed by atoms with Gasteiger partial charge in [0.25, 0.3) is 11.8 Å². The van der Waals surface area contributed by atoms with Crippen molar-refractivity contribution in [2.45, 2.75) is 6.61 Å². The summed E-state index contributed by atoms with van der Waals surface area (Å²) in [6.07, 6.45) is 0. The molecule has 0 bridgehead atoms. The molecule has 2 aromatic heterocycles. The highest BCUT2D eigenvalue weighted by molar-refractivity contribution is 7.13. The van der Waals surface area contributed by atoms with E-state index in [-0.39, 0.29) is 18.1 Å². The Bertz CT molecular complexity index is 859. The Hall–Kier alpha value is -2.97. The van der Waals surface area contributed by atoms with E-state index in [2.05, 4.69) is 10.5 Å². The second-order valence-corrected chi connectivity index (χ2v) is 6.05. The maximum absolute atomic E-state index is 12.0. The summed E-state index contributed by atoms with van der Waals surface area (Å²) in [4.78, 5) is 24.4. The standard InChI is InChI=1S/C17H15N3O4S/c18-16(22)14-15(12-7-4-8-25-12)20-24-17(14)19-13(21)10-23-9-11-5-2-1-3-6-11/h1-8H,9-10H2,(H2,18,22)(H,19,21). The molecule has 0 aliphatic rings. The lowest BCUT2D eigenvalue weighted by Gasteiger charge is -2.05. The number of nitrogens with one attached hydrogen (secondary N) is 1. The first kappa shape index (κ1) is 16.9. The molecule has 0 spiro atoms. The van der Waals surface area contributed by atoms with Crippen LogP contribution in [0.25, 0.3) is 10.6 Å². The topological polar surface area (TPSA) is 107 Å². The largest absolute Gasteiger partial charge is 0.367 e. The molecule has 0 atom stereocenters. The van der Waals surface area contributed by atoms with E-state index in [1.54, 1.807) is 6.07 Å². The number of hydrogen-bond acceptors (Lipinski definition) is 6. The van der Waals surface area contributed by atoms with Crippen molar-refractivity contribution < 1.29 is 18.8 Å². The van der Waals surface area contributed by atoms with E-state index >= 15 is 0 Å². The minimum absolute atomic E-state index is 0.0406. The van der Waals surface area contributed by atoms with Crippen LogP contribution in [-0.2, 0) is 16.1 Å². The van der Waals surface area contributed by atoms with Crippen LogP contribution in [0.15, 0.2) is 52.4 Å². The average Bonchev–Trinajstić information content (AvgIpc) is 3.25. The number of nitrogens with zero attached hydrogens (tertiary/aromatic N) is 1. The van der Waals surface area contributed by atoms with E-state index in [0.29, 0.717) is 12.3 Å². The molecule has 0 aliphatic heterocycles. The number of anilines is 1. The van der Waals surface area contributed by atoms with Gasteiger partial charge < -0.3 is 15.0 Å². The highest BCUT2D eigenvalue weighted by Crippen LogP contribution is 2.31. The highest BCUT2D eigenvalue weighted by Gasteiger charge is 2.24. The maximum atomic E-state index is 12.0. The molecule has 25 heavy (non-hydrogen) atoms. The normalized spacial score (nSPS) is 10.6. The van der Waals surface area contributed by atoms with E-state index in [4.69, 9.17) is 15.0 Å². The Morgan fingerprint density at radius 1 is 1.20 bits per heavy atom. The van der Waals surface area contributed by atoms with Crippen LogP contribution in [-0.4, -0.2) is 23.6 Å². The van der Waals surface area contributed by atoms with Crippen LogP contribution in [0.3, 0.4) is 0 Å². The third-order valence-corrected chi connectivity index (χ3v) is 4.17. The van der Waals surface area contributed by atoms with E-state index < -0.39 is 11.8 Å². The Balaban J connectivity index is 1.64. The van der Waals surface area contributed by atoms with E-state index in [0.717, 1.165) is 10.4 Å². The number of aromatic nitrogens is 1. The van der Waals surface area contributed by atoms with Crippen LogP contribution < -0.4 is 11.1 Å². The quantitative estimate of drug-likeness (QED) is 0.676. The Kier molecular flexibility index (Phi) is 5.22. The van der Waals surface area contributed by atoms with Crippen molar-refractivity contribution in [2.75, 3.05) is 11.9 Å². The lowest BCUT2D eigenvalue weighted by molar-refractivity contribution is -0.121. The predicted octanol–water partition coefficient (Wildman–Crippen LogP) is 2.66. The molecular formula is C17H15N3O4S. The van der Waals surface area contributed by atoms with Crippen LogP contribution >= 0.6 is 11.3 Å². The zero-order valence-electron chi connectivity index (χ0n) is 13.1. The molecule has 7 nitrogen and oxygen atoms in total. The zero-order valence-corrected chi connectivity index (χ0v) is 13.9. The van der Waals surface area contributed by atoms with Gasteiger partial charge in [0.1, 0.15) is 17.9 Å². The second-order valence-electron chi connectivity index (χ2n) is 5.10. The van der Waals surface area contributed by atoms with Gasteiger partial charge >= 0.3 is 0 Å². The minimum Gasteiger partial charge on any atom is -0.367 e. The number of ether oxygens (including phenoxy) is 1. The van der Waals surface area contributed by atoms with Gasteiger partial charge in [0.05, 0.1) is 11.5 Å². The molecule has 3 aromatic rings. The van der Waals surface area contributed by atoms with Gasteiger partial charge in [0.2, 0.25) is 5.88 Å². The molecule has 3 N–H and O–H groups in total. The summed E-state index contributed by atoms with van der Waals surface area (Å²) in [5.41, 5.74) is 6.70. The van der Waals surface area contributed by atoms with Crippen molar-refractivity contribution in [1.82, 2.24) is 5.16 Å². The Labute approximate surface area is 147 Å². The summed E-state index contributed by atoms with van der Waals surface area (Å²) in [7, 11) is 0. The van der Waals surface area contributed by atoms with Gasteiger partial charge in [-0.1, -0.05) is 41.6 Å². The molecular weight excluding hydrogens is 342 g/mol. The number of nitrogens with two attached hydrogens (primary N) is 1. The molecule has 1 aromatic carbocycles. The lowest BCUT2D eigenvalue weighted by Crippen LogP contribution is -2.21. The number of primary amides is 1. The van der Waals surface area contributed by atoms with Gasteiger partial charge in [-0.25, -0.2) is 0 Å². The van der Waals surface area contributed by atoms with Crippen molar-refractivity contribution in [1.29, 1.82) is 0 Å². The van der Waals surface area contributed by atoms with Gasteiger partial charge in [-0.2, -0.15) is 0 Å². The summed E-state index contributed by atoms with van der Waals surface area (Å²) in [5, 5.41) is 8.15. The lowest BCUT2D eigenvalue weighted by atomic mass is 10.2. The zero-order chi connectivity index (χ0) is 17.6. The van der Waals surface area contributed by atoms with Crippen molar-refractivity contribution in [3.05, 3.63) is 59.0 Å². The minimum atomic E-state index is -0.731. The van der Waals surface area contributed by atoms with Crippen LogP contribution in [0.1, 0.15) is 15.9 Å². The smallest absolute Gasteiger partial charge is 0.256 e. The second kappa shape index (κ2) is 7.73. The fourth-order valence-corrected chi connectivity index (χ4v) is 2.90. The van der Waals surface area contributed by atoms with E-state index in [1.165, 1.54) is 11.3 Å². The Morgan fingerprint density at radius 2 is 2.00 bits per heavy atom. The monoisotopic (exact) mass is 357 g/mol. The number of hydrogen-bond donors (Lipinski definition) is 2. The third kappa shape index (κ3) is 4.11. The van der Waals surface area contributed by atoms with Gasteiger partial charge in [0, 0.05) is 0 Å². The molecule has 0 saturated heterocycles. The van der Waals surface area contributed by atoms with E-state index in [1.807, 2.05) is 41.8 Å². The number of benzene rings is 1. The number of carbonyl (C=O) groups excluding carboxylic acids is 2. The molecule has 0 saturated carbocycles. The van der Waals surface area contributed by atoms with Gasteiger partial charge in [-0.15, -0.1) is 11.3 Å². The van der Waals surface area contributed by atoms with E-state index in [9.17, 15) is 9.59 Å². The predicted molar refractivity (Wildman–Crippen MR) is 93.1 cm³/mol. The number of thiophene rings is 1. The van der Waals surface area contributed by atoms with Gasteiger partial charge in [-0.05, 0) is 17.0 Å². The molecule has 3 rings (SSSR count). The summed E-state index contributed by atoms with van der Waals surface area (Å²) in [5.74, 6) is -1.28. The number of amides is 2. The number of rotatable bonds is 7. The molecule has 0 unspecified atom stereocenters. The first-order valence-electron chi connectivity index (χ1n) is 7.40. The van der Waals surface area contributed by atoms with Crippen LogP contribution in [0.5, 0.6) is 0 Å². The molecule has 128 valence electrons. The van der Waals surface area contributed by atoms with Gasteiger partial charge in [-0.3, -0.25) is 14.9 Å². The SMILES string of the molecule is NC(=O)c1c(-c2cccs2)noc1NC(=O)COCc1ccccc1. The number of carbonyl (C=O) groups is 2. The molecule has 0 radical (unpaired) electrons. The van der Waals surface area contributed by atoms with Crippen molar-refractivity contribution in [2.24, 2.45) is 5.73 Å². The van der Waals surface area contributed by atoms with Crippen molar-refractivity contribution >= 4 is 29.0 Å². The fourth-order valence-electron chi connectivity index (χ4n) is 2.18. The molecule has 0 fully saturated rings. The maximum Gasteiger partial charge on any atom is 0.256 e. The average molecular weight is 357 g/mol. The van der Waals surface area contributed by atoms with Crippen molar-refractivity contribution in [3.8, 4) is 10.6 Å². The molecule has 0 aliphatic carbocycles. The first-order chi connectivity index (χ1) is 12.1. The molecule has 2 heterocycles. The summed E-state index contributed by atoms with van der Waals surface area (Å²) < 4.78 is 10.4. The van der Waals surface area contributed by atoms with Crippen LogP contribution in [0, 0.1) is 0 Å². The summed E-state index contributed by atoms with van der Waals surface area (Å²) in [6, 6.07) is 13.1. The first-order valence-corrected chi connectivity index (χ1v) is 8.28. The Morgan fingerprint density at radius 3 is 2.68 bits per heavy atom. The van der Waals surface area contributed by atoms with Crippen molar-refractivity contribution in [3.63, 3.8) is 0 Å². The van der Waals surface area contributed by atoms with Crippen LogP contribution in [0.4, 0.5) is 5.88 Å². The van der Waals surface area contributed by atoms with Crippen LogP contribution in [0.2, 0.25) is 0 Å². The summed E-state index contributed by atoms with van der Waals surface area (Å²) >= 11 is 1.38. The summed E-state index contributed by atoms with van der Waals surface area (Å²) in [6.45, 7) is 0.107. The van der Waals surface area contributed by atoms with Gasteiger partial charge in [0.15, 0.2) is 0 Å². The molecule has 8 heteroatoms.